The molecule has 1 aromatic rings. The molecule has 0 aliphatic carbocycles. The summed E-state index contributed by atoms with van der Waals surface area (Å²) < 4.78 is 50.5. The second-order valence-corrected chi connectivity index (χ2v) is 4.14. The van der Waals surface area contributed by atoms with Crippen LogP contribution >= 0.6 is 0 Å². The summed E-state index contributed by atoms with van der Waals surface area (Å²) in [5, 5.41) is 22.0. The first kappa shape index (κ1) is 15.9. The Morgan fingerprint density at radius 3 is 2.37 bits per heavy atom. The molecule has 0 fully saturated rings. The van der Waals surface area contributed by atoms with Gasteiger partial charge >= 0.3 is 6.18 Å². The summed E-state index contributed by atoms with van der Waals surface area (Å²) in [6.07, 6.45) is -7.30. The van der Waals surface area contributed by atoms with Crippen molar-refractivity contribution < 1.29 is 27.8 Å². The number of rotatable bonds is 5. The first-order valence-corrected chi connectivity index (χ1v) is 5.64. The zero-order valence-corrected chi connectivity index (χ0v) is 10.2. The molecule has 2 unspecified atom stereocenters. The van der Waals surface area contributed by atoms with Gasteiger partial charge in [-0.25, -0.2) is 4.39 Å². The molecule has 1 rings (SSSR count). The minimum absolute atomic E-state index is 0.151. The van der Waals surface area contributed by atoms with Crippen LogP contribution in [0.15, 0.2) is 18.2 Å². The summed E-state index contributed by atoms with van der Waals surface area (Å²) in [4.78, 5) is 0. The fourth-order valence-corrected chi connectivity index (χ4v) is 1.60. The minimum atomic E-state index is -4.64. The number of nitrogens with one attached hydrogen (secondary N) is 1. The Morgan fingerprint density at radius 2 is 1.89 bits per heavy atom. The molecule has 0 bridgehead atoms. The fraction of sp³-hybridized carbons (Fsp3) is 0.500. The van der Waals surface area contributed by atoms with Crippen LogP contribution in [0.25, 0.3) is 0 Å². The fourth-order valence-electron chi connectivity index (χ4n) is 1.60. The quantitative estimate of drug-likeness (QED) is 0.722. The first-order chi connectivity index (χ1) is 8.77. The molecular weight excluding hydrogens is 266 g/mol. The zero-order chi connectivity index (χ0) is 14.6. The smallest absolute Gasteiger partial charge is 0.390 e. The van der Waals surface area contributed by atoms with Gasteiger partial charge in [-0.3, -0.25) is 0 Å². The molecule has 108 valence electrons. The Hall–Kier alpha value is -1.18. The van der Waals surface area contributed by atoms with Gasteiger partial charge in [0.2, 0.25) is 0 Å². The number of hydrogen-bond acceptors (Lipinski definition) is 3. The van der Waals surface area contributed by atoms with Crippen molar-refractivity contribution in [1.82, 2.24) is 5.32 Å². The summed E-state index contributed by atoms with van der Waals surface area (Å²) in [7, 11) is 1.64. The van der Waals surface area contributed by atoms with Crippen LogP contribution in [-0.2, 0) is 6.18 Å². The van der Waals surface area contributed by atoms with Crippen molar-refractivity contribution in [3.8, 4) is 0 Å². The zero-order valence-electron chi connectivity index (χ0n) is 10.2. The summed E-state index contributed by atoms with van der Waals surface area (Å²) in [5.41, 5.74) is -1.48. The largest absolute Gasteiger partial charge is 0.416 e. The van der Waals surface area contributed by atoms with E-state index in [-0.39, 0.29) is 12.0 Å². The van der Waals surface area contributed by atoms with Gasteiger partial charge in [0, 0.05) is 5.56 Å². The number of alkyl halides is 3. The van der Waals surface area contributed by atoms with E-state index in [9.17, 15) is 27.8 Å². The van der Waals surface area contributed by atoms with Gasteiger partial charge < -0.3 is 15.5 Å². The number of benzene rings is 1. The number of aliphatic hydroxyl groups excluding tert-OH is 2. The van der Waals surface area contributed by atoms with Gasteiger partial charge in [0.1, 0.15) is 11.9 Å². The molecule has 2 atom stereocenters. The van der Waals surface area contributed by atoms with E-state index in [2.05, 4.69) is 5.32 Å². The van der Waals surface area contributed by atoms with Crippen LogP contribution < -0.4 is 5.32 Å². The molecule has 19 heavy (non-hydrogen) atoms. The molecule has 0 heterocycles. The maximum absolute atomic E-state index is 13.5. The van der Waals surface area contributed by atoms with Crippen molar-refractivity contribution in [2.45, 2.75) is 24.8 Å². The van der Waals surface area contributed by atoms with Crippen LogP contribution in [0.1, 0.15) is 23.7 Å². The van der Waals surface area contributed by atoms with Crippen LogP contribution in [-0.4, -0.2) is 29.9 Å². The number of aliphatic hydroxyl groups is 2. The standard InChI is InChI=1S/C12H15F4NO2/c1-17-5-4-10(18)11(19)8-3-2-7(6-9(8)13)12(14,15)16/h2-3,6,10-11,17-19H,4-5H2,1H3. The monoisotopic (exact) mass is 281 g/mol. The average Bonchev–Trinajstić information content (AvgIpc) is 2.33. The van der Waals surface area contributed by atoms with E-state index in [1.807, 2.05) is 0 Å². The third kappa shape index (κ3) is 4.15. The lowest BCUT2D eigenvalue weighted by Crippen LogP contribution is -2.24. The molecule has 3 nitrogen and oxygen atoms in total. The molecule has 7 heteroatoms. The highest BCUT2D eigenvalue weighted by atomic mass is 19.4. The molecule has 0 aliphatic rings. The van der Waals surface area contributed by atoms with Crippen LogP contribution in [0.4, 0.5) is 17.6 Å². The van der Waals surface area contributed by atoms with Crippen molar-refractivity contribution >= 4 is 0 Å². The highest BCUT2D eigenvalue weighted by Gasteiger charge is 2.32. The predicted octanol–water partition coefficient (Wildman–Crippen LogP) is 1.85. The average molecular weight is 281 g/mol. The van der Waals surface area contributed by atoms with E-state index in [1.54, 1.807) is 7.05 Å². The minimum Gasteiger partial charge on any atom is -0.390 e. The van der Waals surface area contributed by atoms with Crippen LogP contribution in [0, 0.1) is 5.82 Å². The van der Waals surface area contributed by atoms with E-state index in [0.717, 1.165) is 6.07 Å². The Balaban J connectivity index is 2.90. The summed E-state index contributed by atoms with van der Waals surface area (Å²) in [5.74, 6) is -1.19. The van der Waals surface area contributed by atoms with Crippen molar-refractivity contribution in [3.05, 3.63) is 35.1 Å². The SMILES string of the molecule is CNCCC(O)C(O)c1ccc(C(F)(F)F)cc1F. The van der Waals surface area contributed by atoms with E-state index >= 15 is 0 Å². The molecular formula is C12H15F4NO2. The highest BCUT2D eigenvalue weighted by Crippen LogP contribution is 2.32. The summed E-state index contributed by atoms with van der Waals surface area (Å²) in [6.45, 7) is 0.389. The number of halogens is 4. The molecule has 0 saturated carbocycles. The van der Waals surface area contributed by atoms with Crippen molar-refractivity contribution in [3.63, 3.8) is 0 Å². The van der Waals surface area contributed by atoms with Crippen LogP contribution in [0.3, 0.4) is 0 Å². The van der Waals surface area contributed by atoms with Gasteiger partial charge in [-0.15, -0.1) is 0 Å². The maximum atomic E-state index is 13.5. The van der Waals surface area contributed by atoms with Gasteiger partial charge in [0.05, 0.1) is 11.7 Å². The third-order valence-corrected chi connectivity index (χ3v) is 2.70. The van der Waals surface area contributed by atoms with Gasteiger partial charge in [-0.1, -0.05) is 6.07 Å². The van der Waals surface area contributed by atoms with E-state index in [0.29, 0.717) is 18.7 Å². The van der Waals surface area contributed by atoms with Gasteiger partial charge in [-0.05, 0) is 32.1 Å². The second-order valence-electron chi connectivity index (χ2n) is 4.14. The molecule has 0 spiro atoms. The highest BCUT2D eigenvalue weighted by molar-refractivity contribution is 5.28. The molecule has 0 aromatic heterocycles. The summed E-state index contributed by atoms with van der Waals surface area (Å²) in [6, 6.07) is 1.82. The molecule has 0 radical (unpaired) electrons. The van der Waals surface area contributed by atoms with Crippen molar-refractivity contribution in [2.24, 2.45) is 0 Å². The number of hydrogen-bond donors (Lipinski definition) is 3. The Bertz CT molecular complexity index is 423. The maximum Gasteiger partial charge on any atom is 0.416 e. The van der Waals surface area contributed by atoms with E-state index < -0.39 is 29.8 Å². The van der Waals surface area contributed by atoms with Crippen molar-refractivity contribution in [2.75, 3.05) is 13.6 Å². The predicted molar refractivity (Wildman–Crippen MR) is 60.9 cm³/mol. The molecule has 1 aromatic carbocycles. The molecule has 0 amide bonds. The van der Waals surface area contributed by atoms with Crippen LogP contribution in [0.2, 0.25) is 0 Å². The normalized spacial score (nSPS) is 15.3. The van der Waals surface area contributed by atoms with Gasteiger partial charge in [0.15, 0.2) is 0 Å². The van der Waals surface area contributed by atoms with E-state index in [4.69, 9.17) is 0 Å². The Kier molecular flexibility index (Phi) is 5.28. The van der Waals surface area contributed by atoms with Gasteiger partial charge in [-0.2, -0.15) is 13.2 Å². The van der Waals surface area contributed by atoms with Crippen LogP contribution in [0.5, 0.6) is 0 Å². The van der Waals surface area contributed by atoms with Crippen molar-refractivity contribution in [1.29, 1.82) is 0 Å². The third-order valence-electron chi connectivity index (χ3n) is 2.70. The lowest BCUT2D eigenvalue weighted by atomic mass is 10.00. The second kappa shape index (κ2) is 6.31. The lowest BCUT2D eigenvalue weighted by molar-refractivity contribution is -0.137. The topological polar surface area (TPSA) is 52.5 Å². The van der Waals surface area contributed by atoms with Gasteiger partial charge in [0.25, 0.3) is 0 Å². The Morgan fingerprint density at radius 1 is 1.26 bits per heavy atom. The lowest BCUT2D eigenvalue weighted by Gasteiger charge is -2.19. The molecule has 0 saturated heterocycles. The van der Waals surface area contributed by atoms with E-state index in [1.165, 1.54) is 0 Å². The summed E-state index contributed by atoms with van der Waals surface area (Å²) >= 11 is 0. The molecule has 3 N–H and O–H groups in total. The molecule has 0 aliphatic heterocycles. The first-order valence-electron chi connectivity index (χ1n) is 5.64. The Labute approximate surface area is 107 Å².